The number of hydroxylamine groups is 2. The quantitative estimate of drug-likeness (QED) is 0.604. The molecule has 1 atom stereocenters. The van der Waals surface area contributed by atoms with Crippen LogP contribution in [0.4, 0.5) is 0 Å². The van der Waals surface area contributed by atoms with Crippen LogP contribution in [-0.4, -0.2) is 29.5 Å². The molecule has 68 valence electrons. The average Bonchev–Trinajstić information content (AvgIpc) is 2.33. The standard InChI is InChI=1S/C7H12N2O3/c1-5(10)12-9-4-2-3-6(9)7(8)11/h6H,2-4H2,1H3,(H2,8,11)/t6-/m0/s1. The van der Waals surface area contributed by atoms with Gasteiger partial charge in [0.05, 0.1) is 0 Å². The lowest BCUT2D eigenvalue weighted by molar-refractivity contribution is -0.192. The van der Waals surface area contributed by atoms with Crippen molar-refractivity contribution in [3.8, 4) is 0 Å². The molecule has 12 heavy (non-hydrogen) atoms. The molecule has 0 bridgehead atoms. The van der Waals surface area contributed by atoms with Crippen molar-refractivity contribution in [1.29, 1.82) is 0 Å². The van der Waals surface area contributed by atoms with Crippen LogP contribution in [0.2, 0.25) is 0 Å². The normalized spacial score (nSPS) is 23.9. The molecule has 0 unspecified atom stereocenters. The van der Waals surface area contributed by atoms with Crippen LogP contribution in [0.3, 0.4) is 0 Å². The molecule has 1 aliphatic rings. The summed E-state index contributed by atoms with van der Waals surface area (Å²) in [5.41, 5.74) is 5.09. The van der Waals surface area contributed by atoms with Crippen molar-refractivity contribution < 1.29 is 14.4 Å². The minimum absolute atomic E-state index is 0.414. The lowest BCUT2D eigenvalue weighted by atomic mass is 10.2. The van der Waals surface area contributed by atoms with Crippen molar-refractivity contribution in [3.63, 3.8) is 0 Å². The molecule has 0 aromatic carbocycles. The largest absolute Gasteiger partial charge is 0.368 e. The Labute approximate surface area is 70.4 Å². The fourth-order valence-corrected chi connectivity index (χ4v) is 1.30. The molecule has 1 aliphatic heterocycles. The van der Waals surface area contributed by atoms with Crippen LogP contribution >= 0.6 is 0 Å². The van der Waals surface area contributed by atoms with E-state index in [1.54, 1.807) is 0 Å². The van der Waals surface area contributed by atoms with Crippen LogP contribution in [-0.2, 0) is 14.4 Å². The fourth-order valence-electron chi connectivity index (χ4n) is 1.30. The maximum atomic E-state index is 10.8. The summed E-state index contributed by atoms with van der Waals surface area (Å²) in [5, 5.41) is 1.35. The van der Waals surface area contributed by atoms with Gasteiger partial charge in [0.2, 0.25) is 5.91 Å². The molecule has 0 aliphatic carbocycles. The van der Waals surface area contributed by atoms with Crippen LogP contribution in [0, 0.1) is 0 Å². The monoisotopic (exact) mass is 172 g/mol. The van der Waals surface area contributed by atoms with Gasteiger partial charge in [0.25, 0.3) is 0 Å². The highest BCUT2D eigenvalue weighted by atomic mass is 16.7. The number of rotatable bonds is 2. The first-order chi connectivity index (χ1) is 5.61. The van der Waals surface area contributed by atoms with Crippen molar-refractivity contribution in [3.05, 3.63) is 0 Å². The molecule has 0 radical (unpaired) electrons. The van der Waals surface area contributed by atoms with Crippen LogP contribution in [0.15, 0.2) is 0 Å². The number of carbonyl (C=O) groups is 2. The first kappa shape index (κ1) is 8.99. The second-order valence-corrected chi connectivity index (χ2v) is 2.78. The van der Waals surface area contributed by atoms with Crippen LogP contribution in [0.1, 0.15) is 19.8 Å². The zero-order chi connectivity index (χ0) is 9.14. The molecule has 0 aromatic heterocycles. The van der Waals surface area contributed by atoms with Gasteiger partial charge in [-0.1, -0.05) is 0 Å². The van der Waals surface area contributed by atoms with E-state index in [1.807, 2.05) is 0 Å². The second-order valence-electron chi connectivity index (χ2n) is 2.78. The lowest BCUT2D eigenvalue weighted by Crippen LogP contribution is -2.41. The summed E-state index contributed by atoms with van der Waals surface area (Å²) in [7, 11) is 0. The molecule has 1 rings (SSSR count). The molecule has 1 amide bonds. The maximum Gasteiger partial charge on any atom is 0.322 e. The molecule has 1 heterocycles. The smallest absolute Gasteiger partial charge is 0.322 e. The lowest BCUT2D eigenvalue weighted by Gasteiger charge is -2.19. The third-order valence-corrected chi connectivity index (χ3v) is 1.78. The van der Waals surface area contributed by atoms with Gasteiger partial charge < -0.3 is 10.6 Å². The van der Waals surface area contributed by atoms with Crippen molar-refractivity contribution >= 4 is 11.9 Å². The van der Waals surface area contributed by atoms with E-state index < -0.39 is 17.9 Å². The maximum absolute atomic E-state index is 10.8. The van der Waals surface area contributed by atoms with Gasteiger partial charge in [0.1, 0.15) is 6.04 Å². The average molecular weight is 172 g/mol. The van der Waals surface area contributed by atoms with E-state index in [4.69, 9.17) is 10.6 Å². The molecule has 1 saturated heterocycles. The van der Waals surface area contributed by atoms with E-state index >= 15 is 0 Å². The molecular weight excluding hydrogens is 160 g/mol. The number of hydrogen-bond acceptors (Lipinski definition) is 4. The van der Waals surface area contributed by atoms with Crippen LogP contribution < -0.4 is 5.73 Å². The Hall–Kier alpha value is -1.10. The first-order valence-electron chi connectivity index (χ1n) is 3.85. The summed E-state index contributed by atoms with van der Waals surface area (Å²) in [4.78, 5) is 26.1. The van der Waals surface area contributed by atoms with Crippen molar-refractivity contribution in [2.75, 3.05) is 6.54 Å². The van der Waals surface area contributed by atoms with Gasteiger partial charge in [-0.15, -0.1) is 5.06 Å². The molecule has 5 nitrogen and oxygen atoms in total. The molecule has 5 heteroatoms. The van der Waals surface area contributed by atoms with E-state index in [0.29, 0.717) is 13.0 Å². The van der Waals surface area contributed by atoms with Gasteiger partial charge >= 0.3 is 5.97 Å². The Morgan fingerprint density at radius 1 is 1.58 bits per heavy atom. The molecular formula is C7H12N2O3. The highest BCUT2D eigenvalue weighted by Gasteiger charge is 2.31. The van der Waals surface area contributed by atoms with Gasteiger partial charge in [-0.05, 0) is 12.8 Å². The van der Waals surface area contributed by atoms with Gasteiger partial charge in [0, 0.05) is 13.5 Å². The summed E-state index contributed by atoms with van der Waals surface area (Å²) in [6.45, 7) is 1.89. The summed E-state index contributed by atoms with van der Waals surface area (Å²) < 4.78 is 0. The van der Waals surface area contributed by atoms with Crippen molar-refractivity contribution in [2.24, 2.45) is 5.73 Å². The number of amides is 1. The van der Waals surface area contributed by atoms with Gasteiger partial charge in [0.15, 0.2) is 0 Å². The fraction of sp³-hybridized carbons (Fsp3) is 0.714. The van der Waals surface area contributed by atoms with Crippen molar-refractivity contribution in [1.82, 2.24) is 5.06 Å². The first-order valence-corrected chi connectivity index (χ1v) is 3.85. The van der Waals surface area contributed by atoms with Gasteiger partial charge in [-0.2, -0.15) is 0 Å². The zero-order valence-electron chi connectivity index (χ0n) is 6.95. The van der Waals surface area contributed by atoms with Crippen molar-refractivity contribution in [2.45, 2.75) is 25.8 Å². The Kier molecular flexibility index (Phi) is 2.65. The highest BCUT2D eigenvalue weighted by molar-refractivity contribution is 5.80. The molecule has 0 saturated carbocycles. The summed E-state index contributed by atoms with van der Waals surface area (Å²) >= 11 is 0. The Morgan fingerprint density at radius 3 is 2.75 bits per heavy atom. The van der Waals surface area contributed by atoms with Gasteiger partial charge in [-0.3, -0.25) is 9.59 Å². The number of hydrogen-bond donors (Lipinski definition) is 1. The van der Waals surface area contributed by atoms with Crippen LogP contribution in [0.5, 0.6) is 0 Å². The third kappa shape index (κ3) is 1.94. The number of primary amides is 1. The van der Waals surface area contributed by atoms with E-state index in [2.05, 4.69) is 0 Å². The zero-order valence-corrected chi connectivity index (χ0v) is 6.95. The molecule has 0 aromatic rings. The minimum Gasteiger partial charge on any atom is -0.368 e. The predicted octanol–water partition coefficient (Wildman–Crippen LogP) is -0.586. The number of carbonyl (C=O) groups excluding carboxylic acids is 2. The third-order valence-electron chi connectivity index (χ3n) is 1.78. The SMILES string of the molecule is CC(=O)ON1CCC[C@H]1C(N)=O. The Morgan fingerprint density at radius 2 is 2.25 bits per heavy atom. The van der Waals surface area contributed by atoms with Gasteiger partial charge in [-0.25, -0.2) is 0 Å². The summed E-state index contributed by atoms with van der Waals surface area (Å²) in [6, 6.07) is -0.436. The van der Waals surface area contributed by atoms with E-state index in [-0.39, 0.29) is 0 Å². The van der Waals surface area contributed by atoms with Crippen LogP contribution in [0.25, 0.3) is 0 Å². The summed E-state index contributed by atoms with van der Waals surface area (Å²) in [6.07, 6.45) is 1.50. The second kappa shape index (κ2) is 3.53. The predicted molar refractivity (Wildman–Crippen MR) is 40.7 cm³/mol. The number of nitrogens with zero attached hydrogens (tertiary/aromatic N) is 1. The Bertz CT molecular complexity index is 205. The van der Waals surface area contributed by atoms with E-state index in [1.165, 1.54) is 12.0 Å². The minimum atomic E-state index is -0.436. The Balaban J connectivity index is 2.52. The number of nitrogens with two attached hydrogens (primary N) is 1. The molecule has 0 spiro atoms. The topological polar surface area (TPSA) is 72.6 Å². The summed E-state index contributed by atoms with van der Waals surface area (Å²) in [5.74, 6) is -0.850. The molecule has 2 N–H and O–H groups in total. The molecule has 1 fully saturated rings. The van der Waals surface area contributed by atoms with E-state index in [9.17, 15) is 9.59 Å². The highest BCUT2D eigenvalue weighted by Crippen LogP contribution is 2.16. The van der Waals surface area contributed by atoms with E-state index in [0.717, 1.165) is 6.42 Å².